The number of hydrazine groups is 1. The second-order valence-electron chi connectivity index (χ2n) is 5.41. The summed E-state index contributed by atoms with van der Waals surface area (Å²) in [5.41, 5.74) is 2.93. The Hall–Kier alpha value is -0.980. The van der Waals surface area contributed by atoms with Crippen LogP contribution in [0.5, 0.6) is 0 Å². The summed E-state index contributed by atoms with van der Waals surface area (Å²) in [7, 11) is 1.80. The molecule has 108 valence electrons. The van der Waals surface area contributed by atoms with Gasteiger partial charge in [-0.05, 0) is 32.1 Å². The Morgan fingerprint density at radius 2 is 2.37 bits per heavy atom. The van der Waals surface area contributed by atoms with Crippen molar-refractivity contribution < 1.29 is 4.74 Å². The van der Waals surface area contributed by atoms with Crippen molar-refractivity contribution in [3.63, 3.8) is 0 Å². The van der Waals surface area contributed by atoms with E-state index in [1.807, 2.05) is 4.68 Å². The number of aryl methyl sites for hydroxylation is 1. The lowest BCUT2D eigenvalue weighted by Gasteiger charge is -2.42. The maximum Gasteiger partial charge on any atom is 0.138 e. The van der Waals surface area contributed by atoms with Gasteiger partial charge in [0.15, 0.2) is 0 Å². The predicted octanol–water partition coefficient (Wildman–Crippen LogP) is 1.02. The van der Waals surface area contributed by atoms with Gasteiger partial charge in [-0.3, -0.25) is 16.0 Å². The van der Waals surface area contributed by atoms with Crippen LogP contribution in [0.15, 0.2) is 6.33 Å². The third kappa shape index (κ3) is 3.32. The van der Waals surface area contributed by atoms with Gasteiger partial charge < -0.3 is 4.74 Å². The number of methoxy groups -OCH3 is 1. The molecule has 6 heteroatoms. The lowest BCUT2D eigenvalue weighted by Crippen LogP contribution is -2.48. The summed E-state index contributed by atoms with van der Waals surface area (Å²) >= 11 is 0. The standard InChI is InChI=1S/C13H25N5O/c1-3-7-18-12(15-10-16-18)8-11(17-14)9-13(19-2)5-4-6-13/h10-11,17H,3-9,14H2,1-2H3. The van der Waals surface area contributed by atoms with Gasteiger partial charge in [-0.1, -0.05) is 6.92 Å². The minimum Gasteiger partial charge on any atom is -0.378 e. The fourth-order valence-corrected chi connectivity index (χ4v) is 2.77. The highest BCUT2D eigenvalue weighted by Crippen LogP contribution is 2.39. The third-order valence-electron chi connectivity index (χ3n) is 4.11. The topological polar surface area (TPSA) is 78.0 Å². The summed E-state index contributed by atoms with van der Waals surface area (Å²) in [6.07, 6.45) is 7.90. The van der Waals surface area contributed by atoms with Crippen LogP contribution >= 0.6 is 0 Å². The van der Waals surface area contributed by atoms with Crippen molar-refractivity contribution in [1.82, 2.24) is 20.2 Å². The van der Waals surface area contributed by atoms with E-state index in [0.29, 0.717) is 0 Å². The number of ether oxygens (including phenoxy) is 1. The molecule has 1 aromatic rings. The quantitative estimate of drug-likeness (QED) is 0.543. The fourth-order valence-electron chi connectivity index (χ4n) is 2.77. The van der Waals surface area contributed by atoms with E-state index in [1.165, 1.54) is 6.42 Å². The number of aromatic nitrogens is 3. The van der Waals surface area contributed by atoms with Crippen molar-refractivity contribution in [2.75, 3.05) is 7.11 Å². The molecular formula is C13H25N5O. The van der Waals surface area contributed by atoms with Gasteiger partial charge in [0, 0.05) is 26.1 Å². The second-order valence-corrected chi connectivity index (χ2v) is 5.41. The monoisotopic (exact) mass is 267 g/mol. The summed E-state index contributed by atoms with van der Waals surface area (Å²) in [6, 6.07) is 0.181. The summed E-state index contributed by atoms with van der Waals surface area (Å²) < 4.78 is 7.63. The summed E-state index contributed by atoms with van der Waals surface area (Å²) in [5.74, 6) is 6.69. The summed E-state index contributed by atoms with van der Waals surface area (Å²) in [4.78, 5) is 4.34. The van der Waals surface area contributed by atoms with E-state index in [1.54, 1.807) is 13.4 Å². The minimum absolute atomic E-state index is 0.0205. The smallest absolute Gasteiger partial charge is 0.138 e. The Bertz CT molecular complexity index is 383. The lowest BCUT2D eigenvalue weighted by atomic mass is 9.75. The van der Waals surface area contributed by atoms with E-state index in [9.17, 15) is 0 Å². The molecule has 1 aromatic heterocycles. The molecule has 1 aliphatic rings. The van der Waals surface area contributed by atoms with Crippen molar-refractivity contribution in [3.8, 4) is 0 Å². The van der Waals surface area contributed by atoms with Crippen LogP contribution in [0.3, 0.4) is 0 Å². The lowest BCUT2D eigenvalue weighted by molar-refractivity contribution is -0.0835. The number of nitrogens with zero attached hydrogens (tertiary/aromatic N) is 3. The minimum atomic E-state index is 0.0205. The molecule has 1 unspecified atom stereocenters. The Labute approximate surface area is 114 Å². The molecule has 0 radical (unpaired) electrons. The largest absolute Gasteiger partial charge is 0.378 e. The third-order valence-corrected chi connectivity index (χ3v) is 4.11. The first kappa shape index (κ1) is 14.4. The molecule has 19 heavy (non-hydrogen) atoms. The molecule has 2 rings (SSSR count). The molecular weight excluding hydrogens is 242 g/mol. The first-order valence-electron chi connectivity index (χ1n) is 7.11. The maximum atomic E-state index is 5.69. The van der Waals surface area contributed by atoms with Gasteiger partial charge in [0.1, 0.15) is 12.2 Å². The van der Waals surface area contributed by atoms with E-state index < -0.39 is 0 Å². The van der Waals surface area contributed by atoms with Crippen LogP contribution in [0.2, 0.25) is 0 Å². The zero-order chi connectivity index (χ0) is 13.7. The fraction of sp³-hybridized carbons (Fsp3) is 0.846. The van der Waals surface area contributed by atoms with Crippen molar-refractivity contribution in [2.24, 2.45) is 5.84 Å². The molecule has 1 aliphatic carbocycles. The Morgan fingerprint density at radius 3 is 2.89 bits per heavy atom. The van der Waals surface area contributed by atoms with E-state index in [2.05, 4.69) is 22.4 Å². The van der Waals surface area contributed by atoms with E-state index >= 15 is 0 Å². The molecule has 0 saturated heterocycles. The first-order chi connectivity index (χ1) is 9.23. The van der Waals surface area contributed by atoms with Crippen LogP contribution in [0.1, 0.15) is 44.9 Å². The number of nitrogens with one attached hydrogen (secondary N) is 1. The molecule has 0 aromatic carbocycles. The van der Waals surface area contributed by atoms with Gasteiger partial charge in [-0.25, -0.2) is 4.98 Å². The normalized spacial score (nSPS) is 19.1. The molecule has 6 nitrogen and oxygen atoms in total. The van der Waals surface area contributed by atoms with Crippen LogP contribution in [0.25, 0.3) is 0 Å². The molecule has 1 atom stereocenters. The van der Waals surface area contributed by atoms with Gasteiger partial charge in [-0.2, -0.15) is 5.10 Å². The van der Waals surface area contributed by atoms with Gasteiger partial charge in [0.25, 0.3) is 0 Å². The zero-order valence-electron chi connectivity index (χ0n) is 11.9. The van der Waals surface area contributed by atoms with Gasteiger partial charge in [0.05, 0.1) is 5.60 Å². The molecule has 0 spiro atoms. The molecule has 0 bridgehead atoms. The SMILES string of the molecule is CCCn1ncnc1CC(CC1(OC)CCC1)NN. The molecule has 0 aliphatic heterocycles. The predicted molar refractivity (Wildman–Crippen MR) is 73.3 cm³/mol. The summed E-state index contributed by atoms with van der Waals surface area (Å²) in [6.45, 7) is 3.04. The average Bonchev–Trinajstić information content (AvgIpc) is 2.80. The van der Waals surface area contributed by atoms with Crippen LogP contribution in [0, 0.1) is 0 Å². The second kappa shape index (κ2) is 6.45. The van der Waals surface area contributed by atoms with Gasteiger partial charge in [-0.15, -0.1) is 0 Å². The number of hydrogen-bond acceptors (Lipinski definition) is 5. The molecule has 1 heterocycles. The number of hydrogen-bond donors (Lipinski definition) is 2. The van der Waals surface area contributed by atoms with Gasteiger partial charge in [0.2, 0.25) is 0 Å². The van der Waals surface area contributed by atoms with E-state index in [4.69, 9.17) is 10.6 Å². The molecule has 1 saturated carbocycles. The highest BCUT2D eigenvalue weighted by molar-refractivity contribution is 4.97. The zero-order valence-corrected chi connectivity index (χ0v) is 11.9. The highest BCUT2D eigenvalue weighted by Gasteiger charge is 2.39. The highest BCUT2D eigenvalue weighted by atomic mass is 16.5. The van der Waals surface area contributed by atoms with Crippen LogP contribution < -0.4 is 11.3 Å². The average molecular weight is 267 g/mol. The Balaban J connectivity index is 1.96. The van der Waals surface area contributed by atoms with Crippen LogP contribution in [-0.2, 0) is 17.7 Å². The number of nitrogens with two attached hydrogens (primary N) is 1. The summed E-state index contributed by atoms with van der Waals surface area (Å²) in [5, 5.41) is 4.25. The van der Waals surface area contributed by atoms with Crippen molar-refractivity contribution in [2.45, 2.75) is 63.6 Å². The van der Waals surface area contributed by atoms with Crippen molar-refractivity contribution >= 4 is 0 Å². The van der Waals surface area contributed by atoms with Gasteiger partial charge >= 0.3 is 0 Å². The van der Waals surface area contributed by atoms with Crippen LogP contribution in [-0.4, -0.2) is 33.5 Å². The molecule has 3 N–H and O–H groups in total. The molecule has 0 amide bonds. The van der Waals surface area contributed by atoms with Crippen molar-refractivity contribution in [1.29, 1.82) is 0 Å². The van der Waals surface area contributed by atoms with Crippen LogP contribution in [0.4, 0.5) is 0 Å². The first-order valence-corrected chi connectivity index (χ1v) is 7.11. The van der Waals surface area contributed by atoms with E-state index in [0.717, 1.165) is 44.5 Å². The maximum absolute atomic E-state index is 5.69. The van der Waals surface area contributed by atoms with Crippen molar-refractivity contribution in [3.05, 3.63) is 12.2 Å². The van der Waals surface area contributed by atoms with E-state index in [-0.39, 0.29) is 11.6 Å². The Kier molecular flexibility index (Phi) is 4.90. The molecule has 1 fully saturated rings. The Morgan fingerprint density at radius 1 is 1.58 bits per heavy atom. The number of rotatable bonds is 8.